The van der Waals surface area contributed by atoms with Crippen molar-refractivity contribution in [2.24, 2.45) is 0 Å². The molecule has 1 saturated carbocycles. The molecule has 0 spiro atoms. The third-order valence-corrected chi connectivity index (χ3v) is 4.01. The molecule has 1 fully saturated rings. The number of nitrogens with zero attached hydrogens (tertiary/aromatic N) is 1. The molecule has 5 heteroatoms. The Balaban J connectivity index is 2.16. The molecule has 0 radical (unpaired) electrons. The number of hydrogen-bond acceptors (Lipinski definition) is 3. The van der Waals surface area contributed by atoms with Gasteiger partial charge in [-0.3, -0.25) is 9.59 Å². The minimum atomic E-state index is -0.0992. The van der Waals surface area contributed by atoms with Crippen LogP contribution < -0.4 is 4.74 Å². The molecule has 0 heterocycles. The predicted molar refractivity (Wildman–Crippen MR) is 77.4 cm³/mol. The van der Waals surface area contributed by atoms with Gasteiger partial charge in [0, 0.05) is 31.0 Å². The molecular weight excluding hydrogens is 278 g/mol. The SMILES string of the molecule is COc1cc(Cl)ccc1C(=O)N(C)C1CCC(=O)CC1. The van der Waals surface area contributed by atoms with Gasteiger partial charge in [0.2, 0.25) is 0 Å². The van der Waals surface area contributed by atoms with E-state index in [1.807, 2.05) is 0 Å². The molecule has 0 bridgehead atoms. The largest absolute Gasteiger partial charge is 0.496 e. The fraction of sp³-hybridized carbons (Fsp3) is 0.467. The summed E-state index contributed by atoms with van der Waals surface area (Å²) in [6.07, 6.45) is 2.58. The van der Waals surface area contributed by atoms with Crippen LogP contribution in [0.1, 0.15) is 36.0 Å². The van der Waals surface area contributed by atoms with Crippen LogP contribution in [0.3, 0.4) is 0 Å². The van der Waals surface area contributed by atoms with Crippen LogP contribution in [0.2, 0.25) is 5.02 Å². The Morgan fingerprint density at radius 3 is 2.60 bits per heavy atom. The van der Waals surface area contributed by atoms with E-state index in [-0.39, 0.29) is 17.7 Å². The van der Waals surface area contributed by atoms with Gasteiger partial charge in [0.15, 0.2) is 0 Å². The van der Waals surface area contributed by atoms with Gasteiger partial charge in [-0.05, 0) is 31.0 Å². The van der Waals surface area contributed by atoms with Crippen molar-refractivity contribution in [1.29, 1.82) is 0 Å². The molecule has 0 N–H and O–H groups in total. The maximum Gasteiger partial charge on any atom is 0.257 e. The molecule has 1 aromatic carbocycles. The molecule has 1 aliphatic carbocycles. The van der Waals surface area contributed by atoms with Gasteiger partial charge in [0.1, 0.15) is 11.5 Å². The van der Waals surface area contributed by atoms with Crippen LogP contribution in [-0.2, 0) is 4.79 Å². The average Bonchev–Trinajstić information content (AvgIpc) is 2.46. The molecule has 1 amide bonds. The molecule has 20 heavy (non-hydrogen) atoms. The van der Waals surface area contributed by atoms with Gasteiger partial charge in [0.05, 0.1) is 12.7 Å². The number of ether oxygens (including phenoxy) is 1. The van der Waals surface area contributed by atoms with E-state index >= 15 is 0 Å². The van der Waals surface area contributed by atoms with Crippen molar-refractivity contribution in [2.45, 2.75) is 31.7 Å². The minimum absolute atomic E-state index is 0.0992. The number of hydrogen-bond donors (Lipinski definition) is 0. The molecule has 1 aliphatic rings. The lowest BCUT2D eigenvalue weighted by molar-refractivity contribution is -0.121. The van der Waals surface area contributed by atoms with Crippen LogP contribution in [0.25, 0.3) is 0 Å². The van der Waals surface area contributed by atoms with Gasteiger partial charge in [-0.1, -0.05) is 11.6 Å². The second kappa shape index (κ2) is 6.27. The van der Waals surface area contributed by atoms with Gasteiger partial charge in [0.25, 0.3) is 5.91 Å². The highest BCUT2D eigenvalue weighted by atomic mass is 35.5. The van der Waals surface area contributed by atoms with E-state index in [0.29, 0.717) is 29.2 Å². The lowest BCUT2D eigenvalue weighted by atomic mass is 9.93. The molecule has 2 rings (SSSR count). The zero-order valence-corrected chi connectivity index (χ0v) is 12.4. The summed E-state index contributed by atoms with van der Waals surface area (Å²) in [5.74, 6) is 0.658. The maximum atomic E-state index is 12.5. The molecule has 0 unspecified atom stereocenters. The van der Waals surface area contributed by atoms with Crippen molar-refractivity contribution >= 4 is 23.3 Å². The van der Waals surface area contributed by atoms with E-state index in [4.69, 9.17) is 16.3 Å². The van der Waals surface area contributed by atoms with E-state index in [2.05, 4.69) is 0 Å². The summed E-state index contributed by atoms with van der Waals surface area (Å²) in [6, 6.07) is 5.09. The fourth-order valence-corrected chi connectivity index (χ4v) is 2.67. The topological polar surface area (TPSA) is 46.6 Å². The number of methoxy groups -OCH3 is 1. The van der Waals surface area contributed by atoms with Crippen molar-refractivity contribution in [3.63, 3.8) is 0 Å². The molecule has 4 nitrogen and oxygen atoms in total. The lowest BCUT2D eigenvalue weighted by Crippen LogP contribution is -2.39. The molecule has 0 aromatic heterocycles. The third-order valence-electron chi connectivity index (χ3n) is 3.77. The lowest BCUT2D eigenvalue weighted by Gasteiger charge is -2.31. The van der Waals surface area contributed by atoms with Crippen LogP contribution in [0, 0.1) is 0 Å². The van der Waals surface area contributed by atoms with Crippen LogP contribution in [0.5, 0.6) is 5.75 Å². The van der Waals surface area contributed by atoms with Crippen molar-refractivity contribution in [3.05, 3.63) is 28.8 Å². The molecule has 0 saturated heterocycles. The Bertz CT molecular complexity index is 520. The maximum absolute atomic E-state index is 12.5. The first kappa shape index (κ1) is 14.9. The van der Waals surface area contributed by atoms with Gasteiger partial charge in [-0.15, -0.1) is 0 Å². The Morgan fingerprint density at radius 1 is 1.35 bits per heavy atom. The van der Waals surface area contributed by atoms with Crippen LogP contribution in [0.4, 0.5) is 0 Å². The average molecular weight is 296 g/mol. The summed E-state index contributed by atoms with van der Waals surface area (Å²) < 4.78 is 5.22. The number of Topliss-reactive ketones (excluding diaryl/α,β-unsaturated/α-hetero) is 1. The van der Waals surface area contributed by atoms with Crippen LogP contribution >= 0.6 is 11.6 Å². The van der Waals surface area contributed by atoms with E-state index in [1.165, 1.54) is 7.11 Å². The standard InChI is InChI=1S/C15H18ClNO3/c1-17(11-4-6-12(18)7-5-11)15(19)13-8-3-10(16)9-14(13)20-2/h3,8-9,11H,4-7H2,1-2H3. The second-order valence-corrected chi connectivity index (χ2v) is 5.47. The summed E-state index contributed by atoms with van der Waals surface area (Å²) in [6.45, 7) is 0. The first-order valence-corrected chi connectivity index (χ1v) is 7.03. The van der Waals surface area contributed by atoms with Crippen molar-refractivity contribution in [2.75, 3.05) is 14.2 Å². The first-order chi connectivity index (χ1) is 9.52. The Kier molecular flexibility index (Phi) is 4.65. The smallest absolute Gasteiger partial charge is 0.257 e. The number of amides is 1. The Hall–Kier alpha value is -1.55. The molecular formula is C15H18ClNO3. The van der Waals surface area contributed by atoms with Crippen LogP contribution in [0.15, 0.2) is 18.2 Å². The normalized spacial score (nSPS) is 16.1. The number of carbonyl (C=O) groups is 2. The summed E-state index contributed by atoms with van der Waals surface area (Å²) in [5.41, 5.74) is 0.497. The van der Waals surface area contributed by atoms with Gasteiger partial charge in [-0.25, -0.2) is 0 Å². The highest BCUT2D eigenvalue weighted by molar-refractivity contribution is 6.30. The van der Waals surface area contributed by atoms with E-state index in [1.54, 1.807) is 30.1 Å². The summed E-state index contributed by atoms with van der Waals surface area (Å²) in [4.78, 5) is 25.5. The summed E-state index contributed by atoms with van der Waals surface area (Å²) >= 11 is 5.90. The van der Waals surface area contributed by atoms with Gasteiger partial charge in [-0.2, -0.15) is 0 Å². The molecule has 108 valence electrons. The van der Waals surface area contributed by atoms with Crippen molar-refractivity contribution < 1.29 is 14.3 Å². The van der Waals surface area contributed by atoms with E-state index in [9.17, 15) is 9.59 Å². The quantitative estimate of drug-likeness (QED) is 0.861. The predicted octanol–water partition coefficient (Wildman–Crippen LogP) is 2.93. The number of rotatable bonds is 3. The molecule has 1 aromatic rings. The van der Waals surface area contributed by atoms with Crippen LogP contribution in [-0.4, -0.2) is 36.8 Å². The zero-order valence-electron chi connectivity index (χ0n) is 11.7. The Morgan fingerprint density at radius 2 is 2.00 bits per heavy atom. The summed E-state index contributed by atoms with van der Waals surface area (Å²) in [7, 11) is 3.29. The summed E-state index contributed by atoms with van der Waals surface area (Å²) in [5, 5.41) is 0.532. The molecule has 0 aliphatic heterocycles. The third kappa shape index (κ3) is 3.12. The Labute approximate surface area is 123 Å². The highest BCUT2D eigenvalue weighted by Crippen LogP contribution is 2.27. The second-order valence-electron chi connectivity index (χ2n) is 5.03. The first-order valence-electron chi connectivity index (χ1n) is 6.65. The van der Waals surface area contributed by atoms with Crippen molar-refractivity contribution in [3.8, 4) is 5.75 Å². The number of carbonyl (C=O) groups excluding carboxylic acids is 2. The van der Waals surface area contributed by atoms with Gasteiger partial charge >= 0.3 is 0 Å². The highest BCUT2D eigenvalue weighted by Gasteiger charge is 2.27. The minimum Gasteiger partial charge on any atom is -0.496 e. The van der Waals surface area contributed by atoms with E-state index < -0.39 is 0 Å². The van der Waals surface area contributed by atoms with Gasteiger partial charge < -0.3 is 9.64 Å². The number of halogens is 1. The zero-order chi connectivity index (χ0) is 14.7. The number of benzene rings is 1. The molecule has 0 atom stereocenters. The van der Waals surface area contributed by atoms with Crippen molar-refractivity contribution in [1.82, 2.24) is 4.90 Å². The fourth-order valence-electron chi connectivity index (χ4n) is 2.51. The number of ketones is 1. The van der Waals surface area contributed by atoms with E-state index in [0.717, 1.165) is 12.8 Å². The monoisotopic (exact) mass is 295 g/mol.